The average Bonchev–Trinajstić information content (AvgIpc) is 3.04. The molecule has 0 heterocycles. The molecule has 3 saturated carbocycles. The van der Waals surface area contributed by atoms with Crippen LogP contribution in [0.4, 0.5) is 0 Å². The second-order valence-corrected chi connectivity index (χ2v) is 7.56. The maximum Gasteiger partial charge on any atom is 0.221 e. The summed E-state index contributed by atoms with van der Waals surface area (Å²) >= 11 is 0. The molecule has 2 bridgehead atoms. The summed E-state index contributed by atoms with van der Waals surface area (Å²) in [6.07, 6.45) is 9.71. The summed E-state index contributed by atoms with van der Waals surface area (Å²) in [5, 5.41) is 12.6. The zero-order valence-electron chi connectivity index (χ0n) is 12.5. The van der Waals surface area contributed by atoms with Crippen LogP contribution in [-0.2, 0) is 4.79 Å². The van der Waals surface area contributed by atoms with Gasteiger partial charge in [-0.25, -0.2) is 0 Å². The van der Waals surface area contributed by atoms with E-state index in [2.05, 4.69) is 18.3 Å². The molecule has 3 atom stereocenters. The van der Waals surface area contributed by atoms with Gasteiger partial charge in [0.2, 0.25) is 5.91 Å². The Morgan fingerprint density at radius 1 is 1.25 bits per heavy atom. The van der Waals surface area contributed by atoms with Crippen LogP contribution in [-0.4, -0.2) is 11.4 Å². The van der Waals surface area contributed by atoms with Crippen molar-refractivity contribution < 1.29 is 4.79 Å². The van der Waals surface area contributed by atoms with E-state index >= 15 is 0 Å². The number of hydrogen-bond acceptors (Lipinski definition) is 2. The van der Waals surface area contributed by atoms with Crippen LogP contribution in [0.1, 0.15) is 64.7 Å². The second-order valence-electron chi connectivity index (χ2n) is 7.56. The Morgan fingerprint density at radius 3 is 2.55 bits per heavy atom. The maximum absolute atomic E-state index is 12.3. The Balaban J connectivity index is 1.54. The summed E-state index contributed by atoms with van der Waals surface area (Å²) in [6.45, 7) is 2.23. The minimum atomic E-state index is -0.568. The van der Waals surface area contributed by atoms with Crippen LogP contribution in [0.5, 0.6) is 0 Å². The first kappa shape index (κ1) is 13.9. The third kappa shape index (κ3) is 2.71. The van der Waals surface area contributed by atoms with E-state index in [9.17, 15) is 10.1 Å². The van der Waals surface area contributed by atoms with Gasteiger partial charge in [-0.05, 0) is 68.6 Å². The molecule has 3 unspecified atom stereocenters. The summed E-state index contributed by atoms with van der Waals surface area (Å²) in [6, 6.07) is 2.40. The number of carbonyl (C=O) groups is 1. The van der Waals surface area contributed by atoms with E-state index in [-0.39, 0.29) is 5.91 Å². The zero-order chi connectivity index (χ0) is 14.2. The van der Waals surface area contributed by atoms with Crippen LogP contribution >= 0.6 is 0 Å². The molecule has 3 heteroatoms. The highest BCUT2D eigenvalue weighted by Gasteiger charge is 2.41. The van der Waals surface area contributed by atoms with Gasteiger partial charge in [-0.2, -0.15) is 5.26 Å². The van der Waals surface area contributed by atoms with Gasteiger partial charge >= 0.3 is 0 Å². The molecule has 0 aromatic rings. The van der Waals surface area contributed by atoms with Crippen molar-refractivity contribution in [2.75, 3.05) is 0 Å². The molecule has 3 aliphatic carbocycles. The molecule has 1 amide bonds. The number of nitriles is 1. The minimum absolute atomic E-state index is 0.124. The van der Waals surface area contributed by atoms with Crippen molar-refractivity contribution in [3.8, 4) is 6.07 Å². The van der Waals surface area contributed by atoms with Crippen LogP contribution in [0, 0.1) is 35.0 Å². The standard InChI is InChI=1S/C17H26N2O/c1-12-4-6-17(11-18,7-5-12)19-16(20)10-15-9-13-2-3-14(15)8-13/h12-15H,2-10H2,1H3,(H,19,20). The van der Waals surface area contributed by atoms with Crippen LogP contribution in [0.3, 0.4) is 0 Å². The van der Waals surface area contributed by atoms with E-state index in [1.165, 1.54) is 25.7 Å². The molecule has 0 aromatic heterocycles. The van der Waals surface area contributed by atoms with Crippen molar-refractivity contribution in [3.63, 3.8) is 0 Å². The van der Waals surface area contributed by atoms with Crippen molar-refractivity contribution in [2.45, 2.75) is 70.3 Å². The molecule has 0 saturated heterocycles. The Labute approximate surface area is 122 Å². The van der Waals surface area contributed by atoms with Crippen LogP contribution in [0.25, 0.3) is 0 Å². The maximum atomic E-state index is 12.3. The van der Waals surface area contributed by atoms with Crippen molar-refractivity contribution in [1.29, 1.82) is 5.26 Å². The van der Waals surface area contributed by atoms with E-state index in [0.717, 1.165) is 37.5 Å². The van der Waals surface area contributed by atoms with Crippen molar-refractivity contribution >= 4 is 5.91 Å². The number of amides is 1. The highest BCUT2D eigenvalue weighted by atomic mass is 16.1. The van der Waals surface area contributed by atoms with E-state index in [1.807, 2.05) is 0 Å². The highest BCUT2D eigenvalue weighted by Crippen LogP contribution is 2.49. The lowest BCUT2D eigenvalue weighted by atomic mass is 9.77. The number of carbonyl (C=O) groups excluding carboxylic acids is 1. The molecule has 3 fully saturated rings. The molecule has 0 radical (unpaired) electrons. The van der Waals surface area contributed by atoms with Gasteiger partial charge in [-0.15, -0.1) is 0 Å². The normalized spacial score (nSPS) is 43.2. The number of nitrogens with zero attached hydrogens (tertiary/aromatic N) is 1. The number of hydrogen-bond donors (Lipinski definition) is 1. The van der Waals surface area contributed by atoms with E-state index in [0.29, 0.717) is 18.3 Å². The van der Waals surface area contributed by atoms with Gasteiger partial charge in [-0.3, -0.25) is 4.79 Å². The average molecular weight is 274 g/mol. The summed E-state index contributed by atoms with van der Waals surface area (Å²) < 4.78 is 0. The molecule has 1 N–H and O–H groups in total. The fourth-order valence-corrected chi connectivity index (χ4v) is 4.70. The monoisotopic (exact) mass is 274 g/mol. The molecular weight excluding hydrogens is 248 g/mol. The summed E-state index contributed by atoms with van der Waals surface area (Å²) in [5.74, 6) is 3.08. The highest BCUT2D eigenvalue weighted by molar-refractivity contribution is 5.77. The first-order valence-electron chi connectivity index (χ1n) is 8.32. The fraction of sp³-hybridized carbons (Fsp3) is 0.882. The Morgan fingerprint density at radius 2 is 2.00 bits per heavy atom. The molecule has 3 nitrogen and oxygen atoms in total. The van der Waals surface area contributed by atoms with Gasteiger partial charge in [0.15, 0.2) is 0 Å². The van der Waals surface area contributed by atoms with Crippen LogP contribution in [0.15, 0.2) is 0 Å². The number of rotatable bonds is 3. The van der Waals surface area contributed by atoms with Crippen LogP contribution in [0.2, 0.25) is 0 Å². The van der Waals surface area contributed by atoms with Crippen molar-refractivity contribution in [1.82, 2.24) is 5.32 Å². The van der Waals surface area contributed by atoms with Gasteiger partial charge in [0.1, 0.15) is 5.54 Å². The molecule has 3 rings (SSSR count). The largest absolute Gasteiger partial charge is 0.338 e. The van der Waals surface area contributed by atoms with Gasteiger partial charge in [0.25, 0.3) is 0 Å². The number of nitrogens with one attached hydrogen (secondary N) is 1. The summed E-state index contributed by atoms with van der Waals surface area (Å²) in [7, 11) is 0. The van der Waals surface area contributed by atoms with Gasteiger partial charge in [0, 0.05) is 6.42 Å². The molecule has 0 spiro atoms. The van der Waals surface area contributed by atoms with Crippen molar-refractivity contribution in [3.05, 3.63) is 0 Å². The molecule has 3 aliphatic rings. The molecule has 0 aliphatic heterocycles. The molecule has 20 heavy (non-hydrogen) atoms. The first-order valence-corrected chi connectivity index (χ1v) is 8.32. The molecule has 0 aromatic carbocycles. The zero-order valence-corrected chi connectivity index (χ0v) is 12.5. The topological polar surface area (TPSA) is 52.9 Å². The fourth-order valence-electron chi connectivity index (χ4n) is 4.70. The van der Waals surface area contributed by atoms with Crippen LogP contribution < -0.4 is 5.32 Å². The third-order valence-corrected chi connectivity index (χ3v) is 6.05. The summed E-state index contributed by atoms with van der Waals surface area (Å²) in [4.78, 5) is 12.3. The first-order chi connectivity index (χ1) is 9.60. The lowest BCUT2D eigenvalue weighted by Crippen LogP contribution is -2.50. The van der Waals surface area contributed by atoms with Gasteiger partial charge in [0.05, 0.1) is 6.07 Å². The minimum Gasteiger partial charge on any atom is -0.338 e. The molecular formula is C17H26N2O. The lowest BCUT2D eigenvalue weighted by Gasteiger charge is -2.35. The quantitative estimate of drug-likeness (QED) is 0.857. The molecule has 110 valence electrons. The lowest BCUT2D eigenvalue weighted by molar-refractivity contribution is -0.124. The Bertz CT molecular complexity index is 417. The van der Waals surface area contributed by atoms with E-state index in [1.54, 1.807) is 0 Å². The number of fused-ring (bicyclic) bond motifs is 2. The third-order valence-electron chi connectivity index (χ3n) is 6.05. The van der Waals surface area contributed by atoms with Crippen molar-refractivity contribution in [2.24, 2.45) is 23.7 Å². The predicted molar refractivity (Wildman–Crippen MR) is 77.7 cm³/mol. The van der Waals surface area contributed by atoms with Gasteiger partial charge in [-0.1, -0.05) is 13.3 Å². The van der Waals surface area contributed by atoms with E-state index in [4.69, 9.17) is 0 Å². The Kier molecular flexibility index (Phi) is 3.75. The smallest absolute Gasteiger partial charge is 0.221 e. The van der Waals surface area contributed by atoms with Gasteiger partial charge < -0.3 is 5.32 Å². The summed E-state index contributed by atoms with van der Waals surface area (Å²) in [5.41, 5.74) is -0.568. The second kappa shape index (κ2) is 5.39. The Hall–Kier alpha value is -1.04. The SMILES string of the molecule is CC1CCC(C#N)(NC(=O)CC2CC3CCC2C3)CC1. The van der Waals surface area contributed by atoms with E-state index < -0.39 is 5.54 Å². The predicted octanol–water partition coefficient (Wildman–Crippen LogP) is 3.40.